The van der Waals surface area contributed by atoms with Gasteiger partial charge in [0.2, 0.25) is 5.91 Å². The lowest BCUT2D eigenvalue weighted by Crippen LogP contribution is -2.49. The fourth-order valence-electron chi connectivity index (χ4n) is 3.33. The van der Waals surface area contributed by atoms with Crippen molar-refractivity contribution in [1.29, 1.82) is 0 Å². The van der Waals surface area contributed by atoms with Crippen molar-refractivity contribution in [3.63, 3.8) is 0 Å². The van der Waals surface area contributed by atoms with Crippen molar-refractivity contribution < 1.29 is 4.79 Å². The predicted molar refractivity (Wildman–Crippen MR) is 108 cm³/mol. The van der Waals surface area contributed by atoms with Crippen LogP contribution in [0.15, 0.2) is 48.5 Å². The number of piperazine rings is 1. The molecular formula is C21H26ClN3O. The summed E-state index contributed by atoms with van der Waals surface area (Å²) in [5.41, 5.74) is 3.59. The summed E-state index contributed by atoms with van der Waals surface area (Å²) in [6.07, 6.45) is 0. The lowest BCUT2D eigenvalue weighted by molar-refractivity contribution is -0.131. The Balaban J connectivity index is 1.50. The second kappa shape index (κ2) is 8.56. The summed E-state index contributed by atoms with van der Waals surface area (Å²) in [7, 11) is 1.88. The minimum Gasteiger partial charge on any atom is -0.369 e. The van der Waals surface area contributed by atoms with Gasteiger partial charge in [-0.1, -0.05) is 48.0 Å². The van der Waals surface area contributed by atoms with Crippen molar-refractivity contribution in [3.05, 3.63) is 64.7 Å². The quantitative estimate of drug-likeness (QED) is 0.805. The first-order chi connectivity index (χ1) is 12.5. The zero-order valence-electron chi connectivity index (χ0n) is 15.5. The van der Waals surface area contributed by atoms with E-state index in [9.17, 15) is 4.79 Å². The third-order valence-corrected chi connectivity index (χ3v) is 5.17. The zero-order chi connectivity index (χ0) is 18.5. The lowest BCUT2D eigenvalue weighted by atomic mass is 10.1. The Morgan fingerprint density at radius 1 is 1.08 bits per heavy atom. The van der Waals surface area contributed by atoms with Crippen molar-refractivity contribution in [3.8, 4) is 0 Å². The first-order valence-electron chi connectivity index (χ1n) is 9.04. The van der Waals surface area contributed by atoms with E-state index in [-0.39, 0.29) is 5.91 Å². The van der Waals surface area contributed by atoms with Crippen LogP contribution in [-0.2, 0) is 11.3 Å². The zero-order valence-corrected chi connectivity index (χ0v) is 16.2. The SMILES string of the molecule is Cc1ccc(Cl)cc1N1CCN(CC(=O)N(C)Cc2ccccc2)CC1. The number of carbonyl (C=O) groups is 1. The van der Waals surface area contributed by atoms with Gasteiger partial charge in [0.15, 0.2) is 0 Å². The van der Waals surface area contributed by atoms with E-state index >= 15 is 0 Å². The van der Waals surface area contributed by atoms with E-state index in [1.54, 1.807) is 0 Å². The number of anilines is 1. The summed E-state index contributed by atoms with van der Waals surface area (Å²) < 4.78 is 0. The second-order valence-corrected chi connectivity index (χ2v) is 7.37. The monoisotopic (exact) mass is 371 g/mol. The topological polar surface area (TPSA) is 26.8 Å². The number of carbonyl (C=O) groups excluding carboxylic acids is 1. The summed E-state index contributed by atoms with van der Waals surface area (Å²) >= 11 is 6.15. The number of amides is 1. The van der Waals surface area contributed by atoms with Crippen molar-refractivity contribution >= 4 is 23.2 Å². The molecule has 4 nitrogen and oxygen atoms in total. The predicted octanol–water partition coefficient (Wildman–Crippen LogP) is 3.43. The van der Waals surface area contributed by atoms with Crippen LogP contribution in [0.2, 0.25) is 5.02 Å². The number of aryl methyl sites for hydroxylation is 1. The Kier molecular flexibility index (Phi) is 6.17. The maximum atomic E-state index is 12.5. The normalized spacial score (nSPS) is 15.1. The largest absolute Gasteiger partial charge is 0.369 e. The Morgan fingerprint density at radius 2 is 1.77 bits per heavy atom. The summed E-state index contributed by atoms with van der Waals surface area (Å²) in [5, 5.41) is 0.769. The summed E-state index contributed by atoms with van der Waals surface area (Å²) in [6, 6.07) is 16.1. The van der Waals surface area contributed by atoms with Crippen molar-refractivity contribution in [2.45, 2.75) is 13.5 Å². The van der Waals surface area contributed by atoms with Crippen LogP contribution in [0.5, 0.6) is 0 Å². The number of hydrogen-bond donors (Lipinski definition) is 0. The molecule has 0 radical (unpaired) electrons. The highest BCUT2D eigenvalue weighted by atomic mass is 35.5. The molecule has 0 aliphatic carbocycles. The molecule has 0 aromatic heterocycles. The van der Waals surface area contributed by atoms with Gasteiger partial charge in [0, 0.05) is 50.5 Å². The van der Waals surface area contributed by atoms with Crippen LogP contribution >= 0.6 is 11.6 Å². The number of likely N-dealkylation sites (N-methyl/N-ethyl adjacent to an activating group) is 1. The Morgan fingerprint density at radius 3 is 2.46 bits per heavy atom. The van der Waals surface area contributed by atoms with Gasteiger partial charge in [-0.05, 0) is 30.2 Å². The molecule has 0 unspecified atom stereocenters. The molecule has 3 rings (SSSR count). The molecule has 26 heavy (non-hydrogen) atoms. The van der Waals surface area contributed by atoms with Crippen molar-refractivity contribution in [1.82, 2.24) is 9.80 Å². The van der Waals surface area contributed by atoms with Gasteiger partial charge in [-0.2, -0.15) is 0 Å². The first kappa shape index (κ1) is 18.7. The van der Waals surface area contributed by atoms with E-state index in [2.05, 4.69) is 34.9 Å². The highest BCUT2D eigenvalue weighted by molar-refractivity contribution is 6.30. The maximum absolute atomic E-state index is 12.5. The van der Waals surface area contributed by atoms with Crippen LogP contribution in [0.25, 0.3) is 0 Å². The van der Waals surface area contributed by atoms with E-state index in [1.165, 1.54) is 11.3 Å². The fourth-order valence-corrected chi connectivity index (χ4v) is 3.49. The van der Waals surface area contributed by atoms with Crippen molar-refractivity contribution in [2.75, 3.05) is 44.7 Å². The van der Waals surface area contributed by atoms with Gasteiger partial charge in [-0.25, -0.2) is 0 Å². The van der Waals surface area contributed by atoms with Gasteiger partial charge in [0.05, 0.1) is 6.54 Å². The Bertz CT molecular complexity index is 742. The van der Waals surface area contributed by atoms with Gasteiger partial charge >= 0.3 is 0 Å². The molecule has 1 aliphatic rings. The Labute approximate surface area is 161 Å². The molecule has 1 heterocycles. The van der Waals surface area contributed by atoms with Crippen molar-refractivity contribution in [2.24, 2.45) is 0 Å². The van der Waals surface area contributed by atoms with E-state index in [0.717, 1.165) is 36.8 Å². The van der Waals surface area contributed by atoms with Crippen LogP contribution in [0.4, 0.5) is 5.69 Å². The maximum Gasteiger partial charge on any atom is 0.236 e. The van der Waals surface area contributed by atoms with Gasteiger partial charge < -0.3 is 9.80 Å². The van der Waals surface area contributed by atoms with Crippen LogP contribution in [0, 0.1) is 6.92 Å². The second-order valence-electron chi connectivity index (χ2n) is 6.93. The van der Waals surface area contributed by atoms with Crippen LogP contribution < -0.4 is 4.90 Å². The summed E-state index contributed by atoms with van der Waals surface area (Å²) in [6.45, 7) is 6.84. The Hall–Kier alpha value is -2.04. The third-order valence-electron chi connectivity index (χ3n) is 4.93. The summed E-state index contributed by atoms with van der Waals surface area (Å²) in [5.74, 6) is 0.168. The minimum atomic E-state index is 0.168. The number of nitrogens with zero attached hydrogens (tertiary/aromatic N) is 3. The molecule has 0 spiro atoms. The van der Waals surface area contributed by atoms with E-state index in [4.69, 9.17) is 11.6 Å². The van der Waals surface area contributed by atoms with E-state index in [0.29, 0.717) is 13.1 Å². The number of rotatable bonds is 5. The molecule has 0 saturated carbocycles. The molecule has 0 N–H and O–H groups in total. The molecule has 2 aromatic carbocycles. The van der Waals surface area contributed by atoms with Gasteiger partial charge in [0.25, 0.3) is 0 Å². The molecule has 1 amide bonds. The average Bonchev–Trinajstić information content (AvgIpc) is 2.65. The van der Waals surface area contributed by atoms with Gasteiger partial charge in [-0.3, -0.25) is 9.69 Å². The third kappa shape index (κ3) is 4.77. The van der Waals surface area contributed by atoms with E-state index in [1.807, 2.05) is 42.3 Å². The molecule has 5 heteroatoms. The highest BCUT2D eigenvalue weighted by Crippen LogP contribution is 2.25. The van der Waals surface area contributed by atoms with Gasteiger partial charge in [-0.15, -0.1) is 0 Å². The highest BCUT2D eigenvalue weighted by Gasteiger charge is 2.21. The van der Waals surface area contributed by atoms with Crippen LogP contribution in [-0.4, -0.2) is 55.5 Å². The molecule has 0 atom stereocenters. The van der Waals surface area contributed by atoms with Crippen LogP contribution in [0.3, 0.4) is 0 Å². The number of benzene rings is 2. The number of halogens is 1. The molecule has 1 fully saturated rings. The molecule has 2 aromatic rings. The minimum absolute atomic E-state index is 0.168. The van der Waals surface area contributed by atoms with E-state index < -0.39 is 0 Å². The lowest BCUT2D eigenvalue weighted by Gasteiger charge is -2.37. The molecular weight excluding hydrogens is 346 g/mol. The van der Waals surface area contributed by atoms with Crippen LogP contribution in [0.1, 0.15) is 11.1 Å². The first-order valence-corrected chi connectivity index (χ1v) is 9.42. The standard InChI is InChI=1S/C21H26ClN3O/c1-17-8-9-19(22)14-20(17)25-12-10-24(11-13-25)16-21(26)23(2)15-18-6-4-3-5-7-18/h3-9,14H,10-13,15-16H2,1-2H3. The molecule has 138 valence electrons. The number of hydrogen-bond acceptors (Lipinski definition) is 3. The smallest absolute Gasteiger partial charge is 0.236 e. The average molecular weight is 372 g/mol. The fraction of sp³-hybridized carbons (Fsp3) is 0.381. The molecule has 0 bridgehead atoms. The summed E-state index contributed by atoms with van der Waals surface area (Å²) in [4.78, 5) is 18.9. The van der Waals surface area contributed by atoms with Gasteiger partial charge in [0.1, 0.15) is 0 Å². The molecule has 1 saturated heterocycles. The molecule has 1 aliphatic heterocycles.